The van der Waals surface area contributed by atoms with Crippen LogP contribution in [0.5, 0.6) is 0 Å². The van der Waals surface area contributed by atoms with Gasteiger partial charge < -0.3 is 4.74 Å². The molecule has 208 valence electrons. The average Bonchev–Trinajstić information content (AvgIpc) is 2.63. The summed E-state index contributed by atoms with van der Waals surface area (Å²) in [6, 6.07) is -9.33. The Kier molecular flexibility index (Phi) is 8.13. The van der Waals surface area contributed by atoms with E-state index in [-0.39, 0.29) is 0 Å². The molecule has 23 heteroatoms. The summed E-state index contributed by atoms with van der Waals surface area (Å²) >= 11 is 0. The summed E-state index contributed by atoms with van der Waals surface area (Å²) in [7, 11) is 0. The molecule has 0 N–H and O–H groups in total. The Labute approximate surface area is 174 Å². The van der Waals surface area contributed by atoms with E-state index in [0.29, 0.717) is 0 Å². The van der Waals surface area contributed by atoms with E-state index in [0.717, 1.165) is 0 Å². The van der Waals surface area contributed by atoms with Gasteiger partial charge in [0.1, 0.15) is 0 Å². The highest BCUT2D eigenvalue weighted by Crippen LogP contribution is 2.57. The highest BCUT2D eigenvalue weighted by molar-refractivity contribution is 5.19. The first kappa shape index (κ1) is 32.7. The molecule has 1 nitrogen and oxygen atoms in total. The molecule has 0 aromatic heterocycles. The number of rotatable bonds is 8. The molecular formula is C12F22O. The summed E-state index contributed by atoms with van der Waals surface area (Å²) < 4.78 is 278. The van der Waals surface area contributed by atoms with Gasteiger partial charge in [0.05, 0.1) is 0 Å². The molecule has 0 saturated heterocycles. The summed E-state index contributed by atoms with van der Waals surface area (Å²) in [5.74, 6) is -57.7. The Morgan fingerprint density at radius 3 is 0.714 bits per heavy atom. The lowest BCUT2D eigenvalue weighted by atomic mass is 10.0. The van der Waals surface area contributed by atoms with E-state index in [2.05, 4.69) is 0 Å². The normalized spacial score (nSPS) is 17.2. The quantitative estimate of drug-likeness (QED) is 0.209. The van der Waals surface area contributed by atoms with E-state index < -0.39 is 71.6 Å². The van der Waals surface area contributed by atoms with E-state index in [1.54, 1.807) is 0 Å². The Balaban J connectivity index is 6.56. The topological polar surface area (TPSA) is 9.23 Å². The second-order valence-corrected chi connectivity index (χ2v) is 5.72. The Hall–Kier alpha value is -2.26. The van der Waals surface area contributed by atoms with Gasteiger partial charge in [-0.25, -0.2) is 0 Å². The van der Waals surface area contributed by atoms with Crippen molar-refractivity contribution in [2.75, 3.05) is 0 Å². The van der Waals surface area contributed by atoms with Gasteiger partial charge in [0, 0.05) is 0 Å². The molecule has 0 aliphatic heterocycles. The number of ether oxygens (including phenoxy) is 1. The fourth-order valence-electron chi connectivity index (χ4n) is 1.44. The van der Waals surface area contributed by atoms with Crippen molar-refractivity contribution in [2.45, 2.75) is 47.9 Å². The third kappa shape index (κ3) is 4.89. The molecular weight excluding hydrogens is 578 g/mol. The van der Waals surface area contributed by atoms with Crippen LogP contribution in [0.4, 0.5) is 96.6 Å². The molecule has 0 radical (unpaired) electrons. The Morgan fingerprint density at radius 1 is 0.343 bits per heavy atom. The minimum atomic E-state index is -8.06. The van der Waals surface area contributed by atoms with Gasteiger partial charge in [0.2, 0.25) is 11.7 Å². The van der Waals surface area contributed by atoms with Crippen molar-refractivity contribution in [2.24, 2.45) is 0 Å². The van der Waals surface area contributed by atoms with E-state index in [4.69, 9.17) is 0 Å². The molecule has 35 heavy (non-hydrogen) atoms. The first-order chi connectivity index (χ1) is 14.9. The van der Waals surface area contributed by atoms with Crippen LogP contribution in [-0.4, -0.2) is 47.9 Å². The average molecular weight is 578 g/mol. The van der Waals surface area contributed by atoms with Crippen LogP contribution in [0.25, 0.3) is 0 Å². The summed E-state index contributed by atoms with van der Waals surface area (Å²) in [5.41, 5.74) is 0. The molecule has 0 aromatic rings. The van der Waals surface area contributed by atoms with Crippen LogP contribution in [0.3, 0.4) is 0 Å². The zero-order valence-electron chi connectivity index (χ0n) is 14.7. The number of allylic oxidation sites excluding steroid dienone is 2. The molecule has 0 fully saturated rings. The summed E-state index contributed by atoms with van der Waals surface area (Å²) in [5, 5.41) is 0. The third-order valence-corrected chi connectivity index (χ3v) is 3.37. The first-order valence-corrected chi connectivity index (χ1v) is 7.07. The lowest BCUT2D eigenvalue weighted by Gasteiger charge is -2.33. The van der Waals surface area contributed by atoms with Gasteiger partial charge in [0.25, 0.3) is 0 Å². The number of hydrogen-bond donors (Lipinski definition) is 0. The van der Waals surface area contributed by atoms with Crippen LogP contribution < -0.4 is 0 Å². The highest BCUT2D eigenvalue weighted by Gasteiger charge is 2.84. The lowest BCUT2D eigenvalue weighted by Crippen LogP contribution is -2.61. The number of hydrogen-bond acceptors (Lipinski definition) is 1. The number of halogens is 22. The van der Waals surface area contributed by atoms with Crippen molar-refractivity contribution in [1.82, 2.24) is 0 Å². The molecule has 0 bridgehead atoms. The fourth-order valence-corrected chi connectivity index (χ4v) is 1.44. The van der Waals surface area contributed by atoms with Crippen LogP contribution in [0.15, 0.2) is 23.7 Å². The maximum absolute atomic E-state index is 13.0. The fraction of sp³-hybridized carbons (Fsp3) is 0.667. The van der Waals surface area contributed by atoms with Gasteiger partial charge in [-0.2, -0.15) is 96.6 Å². The van der Waals surface area contributed by atoms with Gasteiger partial charge in [-0.15, -0.1) is 0 Å². The molecule has 0 heterocycles. The van der Waals surface area contributed by atoms with E-state index >= 15 is 0 Å². The van der Waals surface area contributed by atoms with Crippen molar-refractivity contribution in [1.29, 1.82) is 0 Å². The molecule has 0 aliphatic carbocycles. The molecule has 0 amide bonds. The van der Waals surface area contributed by atoms with Gasteiger partial charge in [-0.1, -0.05) is 0 Å². The third-order valence-electron chi connectivity index (χ3n) is 3.37. The second kappa shape index (κ2) is 8.69. The van der Waals surface area contributed by atoms with Crippen LogP contribution in [0.2, 0.25) is 0 Å². The zero-order valence-corrected chi connectivity index (χ0v) is 14.7. The van der Waals surface area contributed by atoms with Crippen molar-refractivity contribution in [3.8, 4) is 0 Å². The largest absolute Gasteiger partial charge is 0.460 e. The van der Waals surface area contributed by atoms with Crippen molar-refractivity contribution in [3.63, 3.8) is 0 Å². The van der Waals surface area contributed by atoms with Crippen LogP contribution >= 0.6 is 0 Å². The monoisotopic (exact) mass is 578 g/mol. The SMILES string of the molecule is FC(OC(F)=C(F)C(F)(F)C(F)(F)C(F)(F)C(F)(F)F)=C(F)C(F)(F)C(F)(F)C(F)(F)C(F)(F)F. The molecule has 0 aromatic carbocycles. The minimum Gasteiger partial charge on any atom is -0.400 e. The highest BCUT2D eigenvalue weighted by atomic mass is 19.4. The van der Waals surface area contributed by atoms with Crippen molar-refractivity contribution < 1.29 is 101 Å². The van der Waals surface area contributed by atoms with Gasteiger partial charge >= 0.3 is 59.9 Å². The smallest absolute Gasteiger partial charge is 0.400 e. The predicted octanol–water partition coefficient (Wildman–Crippen LogP) is 8.16. The van der Waals surface area contributed by atoms with E-state index in [1.165, 1.54) is 0 Å². The summed E-state index contributed by atoms with van der Waals surface area (Å²) in [6.07, 6.45) is -15.3. The second-order valence-electron chi connectivity index (χ2n) is 5.72. The molecule has 0 aliphatic rings. The maximum atomic E-state index is 13.0. The Bertz CT molecular complexity index is 783. The Morgan fingerprint density at radius 2 is 0.543 bits per heavy atom. The zero-order chi connectivity index (χ0) is 29.0. The van der Waals surface area contributed by atoms with Crippen LogP contribution in [0, 0.1) is 0 Å². The lowest BCUT2D eigenvalue weighted by molar-refractivity contribution is -0.392. The van der Waals surface area contributed by atoms with Crippen molar-refractivity contribution >= 4 is 0 Å². The van der Waals surface area contributed by atoms with Gasteiger partial charge in [0.15, 0.2) is 0 Å². The minimum absolute atomic E-state index is 1.93. The molecule has 0 saturated carbocycles. The molecule has 0 rings (SSSR count). The number of alkyl halides is 18. The predicted molar refractivity (Wildman–Crippen MR) is 61.4 cm³/mol. The summed E-state index contributed by atoms with van der Waals surface area (Å²) in [4.78, 5) is 0. The maximum Gasteiger partial charge on any atom is 0.460 e. The van der Waals surface area contributed by atoms with Gasteiger partial charge in [-0.3, -0.25) is 0 Å². The standard InChI is InChI=1S/C12F22O/c13-1(5(17,18)7(21,22)9(25,26)11(29,30)31)3(15)35-4(16)2(14)6(19,20)8(23,24)10(27,28)12(32,33)34. The summed E-state index contributed by atoms with van der Waals surface area (Å²) in [6.45, 7) is 0. The van der Waals surface area contributed by atoms with E-state index in [9.17, 15) is 96.6 Å². The van der Waals surface area contributed by atoms with Gasteiger partial charge in [-0.05, 0) is 0 Å². The van der Waals surface area contributed by atoms with Crippen LogP contribution in [-0.2, 0) is 4.74 Å². The van der Waals surface area contributed by atoms with Crippen LogP contribution in [0.1, 0.15) is 0 Å². The van der Waals surface area contributed by atoms with Crippen molar-refractivity contribution in [3.05, 3.63) is 23.7 Å². The molecule has 0 atom stereocenters. The molecule has 0 unspecified atom stereocenters. The van der Waals surface area contributed by atoms with E-state index in [1.807, 2.05) is 4.74 Å². The first-order valence-electron chi connectivity index (χ1n) is 7.07. The molecule has 0 spiro atoms.